The van der Waals surface area contributed by atoms with Gasteiger partial charge in [-0.25, -0.2) is 4.98 Å². The fraction of sp³-hybridized carbons (Fsp3) is 0.0741. The number of rotatable bonds is 7. The maximum absolute atomic E-state index is 13.5. The van der Waals surface area contributed by atoms with Crippen molar-refractivity contribution in [3.8, 4) is 23.1 Å². The van der Waals surface area contributed by atoms with Gasteiger partial charge in [0.2, 0.25) is 5.82 Å². The topological polar surface area (TPSA) is 78.8 Å². The molecule has 0 unspecified atom stereocenters. The van der Waals surface area contributed by atoms with Crippen LogP contribution < -0.4 is 15.0 Å². The Morgan fingerprint density at radius 3 is 2.81 bits per heavy atom. The summed E-state index contributed by atoms with van der Waals surface area (Å²) in [6, 6.07) is 17.8. The minimum absolute atomic E-state index is 0.239. The van der Waals surface area contributed by atoms with Crippen molar-refractivity contribution >= 4 is 55.6 Å². The summed E-state index contributed by atoms with van der Waals surface area (Å²) < 4.78 is 19.2. The first-order valence-electron chi connectivity index (χ1n) is 10.9. The zero-order valence-electron chi connectivity index (χ0n) is 19.1. The average molecular weight is 565 g/mol. The predicted octanol–water partition coefficient (Wildman–Crippen LogP) is 6.68. The molecule has 0 radical (unpaired) electrons. The van der Waals surface area contributed by atoms with E-state index in [1.165, 1.54) is 10.9 Å². The van der Waals surface area contributed by atoms with Crippen LogP contribution in [0, 0.1) is 0 Å². The van der Waals surface area contributed by atoms with Crippen LogP contribution in [0.4, 0.5) is 0 Å². The molecule has 2 aromatic heterocycles. The van der Waals surface area contributed by atoms with E-state index in [-0.39, 0.29) is 18.0 Å². The van der Waals surface area contributed by atoms with Gasteiger partial charge in [-0.2, -0.15) is 9.78 Å². The van der Waals surface area contributed by atoms with Gasteiger partial charge in [0.1, 0.15) is 23.7 Å². The van der Waals surface area contributed by atoms with Gasteiger partial charge in [0.25, 0.3) is 5.56 Å². The largest absolute Gasteiger partial charge is 0.496 e. The summed E-state index contributed by atoms with van der Waals surface area (Å²) in [5, 5.41) is 6.16. The van der Waals surface area contributed by atoms with Crippen molar-refractivity contribution in [2.75, 3.05) is 13.7 Å². The first-order chi connectivity index (χ1) is 17.5. The van der Waals surface area contributed by atoms with Crippen LogP contribution in [0.1, 0.15) is 5.56 Å². The molecule has 0 aliphatic heterocycles. The third kappa shape index (κ3) is 4.41. The van der Waals surface area contributed by atoms with E-state index in [2.05, 4.69) is 27.6 Å². The van der Waals surface area contributed by atoms with Gasteiger partial charge in [-0.15, -0.1) is 0 Å². The Hall–Kier alpha value is -3.88. The number of methoxy groups -OCH3 is 1. The highest BCUT2D eigenvalue weighted by Crippen LogP contribution is 2.34. The molecule has 0 amide bonds. The molecule has 9 heteroatoms. The lowest BCUT2D eigenvalue weighted by Crippen LogP contribution is -2.20. The fourth-order valence-electron chi connectivity index (χ4n) is 3.80. The summed E-state index contributed by atoms with van der Waals surface area (Å²) in [5.41, 5.74) is 1.33. The first-order valence-corrected chi connectivity index (χ1v) is 12.0. The summed E-state index contributed by atoms with van der Waals surface area (Å²) in [4.78, 5) is 18.2. The fourth-order valence-corrected chi connectivity index (χ4v) is 4.75. The van der Waals surface area contributed by atoms with Crippen LogP contribution >= 0.6 is 27.5 Å². The molecule has 0 aliphatic carbocycles. The second-order valence-electron chi connectivity index (χ2n) is 7.70. The predicted molar refractivity (Wildman–Crippen MR) is 146 cm³/mol. The molecule has 0 spiro atoms. The molecule has 180 valence electrons. The minimum Gasteiger partial charge on any atom is -0.496 e. The van der Waals surface area contributed by atoms with E-state index in [9.17, 15) is 4.79 Å². The molecule has 5 aromatic rings. The van der Waals surface area contributed by atoms with Gasteiger partial charge in [-0.05, 0) is 58.4 Å². The smallest absolute Gasteiger partial charge is 0.282 e. The van der Waals surface area contributed by atoms with E-state index in [0.717, 1.165) is 5.39 Å². The summed E-state index contributed by atoms with van der Waals surface area (Å²) >= 11 is 9.75. The Balaban J connectivity index is 1.73. The summed E-state index contributed by atoms with van der Waals surface area (Å²) in [6.45, 7) is 3.97. The number of hydrogen-bond donors (Lipinski definition) is 0. The molecular formula is C27H19BrClN3O4. The van der Waals surface area contributed by atoms with E-state index >= 15 is 0 Å². The van der Waals surface area contributed by atoms with Crippen molar-refractivity contribution in [3.05, 3.63) is 98.7 Å². The Labute approximate surface area is 219 Å². The van der Waals surface area contributed by atoms with E-state index in [4.69, 9.17) is 30.5 Å². The number of para-hydroxylation sites is 1. The molecule has 36 heavy (non-hydrogen) atoms. The highest BCUT2D eigenvalue weighted by atomic mass is 79.9. The van der Waals surface area contributed by atoms with Crippen LogP contribution in [0.5, 0.6) is 11.5 Å². The van der Waals surface area contributed by atoms with Crippen LogP contribution in [0.2, 0.25) is 5.02 Å². The molecule has 5 rings (SSSR count). The summed E-state index contributed by atoms with van der Waals surface area (Å²) in [5.74, 6) is 1.76. The highest BCUT2D eigenvalue weighted by Gasteiger charge is 2.18. The second kappa shape index (κ2) is 10.0. The van der Waals surface area contributed by atoms with Gasteiger partial charge in [0, 0.05) is 10.6 Å². The zero-order chi connectivity index (χ0) is 25.2. The van der Waals surface area contributed by atoms with E-state index in [0.29, 0.717) is 48.8 Å². The van der Waals surface area contributed by atoms with Gasteiger partial charge in [0.05, 0.1) is 34.1 Å². The Morgan fingerprint density at radius 1 is 1.17 bits per heavy atom. The second-order valence-corrected chi connectivity index (χ2v) is 8.99. The Morgan fingerprint density at radius 2 is 2.00 bits per heavy atom. The van der Waals surface area contributed by atoms with Crippen LogP contribution in [0.25, 0.3) is 33.5 Å². The van der Waals surface area contributed by atoms with Crippen LogP contribution in [0.3, 0.4) is 0 Å². The molecular weight excluding hydrogens is 546 g/mol. The van der Waals surface area contributed by atoms with Crippen LogP contribution in [-0.4, -0.2) is 29.6 Å². The van der Waals surface area contributed by atoms with Crippen LogP contribution in [0.15, 0.2) is 92.1 Å². The molecule has 0 aliphatic rings. The maximum Gasteiger partial charge on any atom is 0.282 e. The third-order valence-electron chi connectivity index (χ3n) is 5.41. The number of halogens is 2. The van der Waals surface area contributed by atoms with E-state index in [1.807, 2.05) is 24.3 Å². The van der Waals surface area contributed by atoms with Crippen molar-refractivity contribution < 1.29 is 13.9 Å². The van der Waals surface area contributed by atoms with Crippen LogP contribution in [-0.2, 0) is 0 Å². The van der Waals surface area contributed by atoms with E-state index in [1.54, 1.807) is 49.6 Å². The quantitative estimate of drug-likeness (QED) is 0.163. The molecule has 2 heterocycles. The SMILES string of the molecule is C=CCOc1c(Br)cc(Cl)cc1C=Nn1c(-c2cc3c(OC)cccc3o2)nc2ccccc2c1=O. The molecule has 0 atom stereocenters. The van der Waals surface area contributed by atoms with Gasteiger partial charge >= 0.3 is 0 Å². The maximum atomic E-state index is 13.5. The standard InChI is InChI=1S/C27H19BrClN3O4/c1-3-11-35-25-16(12-17(29)13-20(25)28)15-30-32-26(31-21-8-5-4-7-18(21)27(32)33)24-14-19-22(34-2)9-6-10-23(19)36-24/h3-10,12-15H,1,11H2,2H3. The van der Waals surface area contributed by atoms with Crippen molar-refractivity contribution in [2.24, 2.45) is 5.10 Å². The number of hydrogen-bond acceptors (Lipinski definition) is 6. The first kappa shape index (κ1) is 23.8. The molecule has 0 fully saturated rings. The Bertz CT molecular complexity index is 1710. The lowest BCUT2D eigenvalue weighted by molar-refractivity contribution is 0.360. The van der Waals surface area contributed by atoms with Crippen molar-refractivity contribution in [1.82, 2.24) is 9.66 Å². The average Bonchev–Trinajstić information content (AvgIpc) is 3.32. The normalized spacial score (nSPS) is 11.4. The molecule has 3 aromatic carbocycles. The molecule has 0 saturated heterocycles. The van der Waals surface area contributed by atoms with Crippen molar-refractivity contribution in [1.29, 1.82) is 0 Å². The molecule has 0 saturated carbocycles. The van der Waals surface area contributed by atoms with Crippen molar-refractivity contribution in [2.45, 2.75) is 0 Å². The molecule has 0 bridgehead atoms. The number of benzene rings is 3. The highest BCUT2D eigenvalue weighted by molar-refractivity contribution is 9.10. The van der Waals surface area contributed by atoms with Crippen molar-refractivity contribution in [3.63, 3.8) is 0 Å². The summed E-state index contributed by atoms with van der Waals surface area (Å²) in [6.07, 6.45) is 3.13. The Kier molecular flexibility index (Phi) is 6.63. The number of aromatic nitrogens is 2. The van der Waals surface area contributed by atoms with Gasteiger partial charge in [0.15, 0.2) is 5.76 Å². The van der Waals surface area contributed by atoms with Gasteiger partial charge in [-0.1, -0.05) is 42.5 Å². The van der Waals surface area contributed by atoms with Gasteiger partial charge in [-0.3, -0.25) is 4.79 Å². The number of nitrogens with zero attached hydrogens (tertiary/aromatic N) is 3. The monoisotopic (exact) mass is 563 g/mol. The van der Waals surface area contributed by atoms with E-state index < -0.39 is 0 Å². The summed E-state index contributed by atoms with van der Waals surface area (Å²) in [7, 11) is 1.59. The number of fused-ring (bicyclic) bond motifs is 2. The lowest BCUT2D eigenvalue weighted by atomic mass is 10.2. The van der Waals surface area contributed by atoms with Gasteiger partial charge < -0.3 is 13.9 Å². The number of furan rings is 1. The minimum atomic E-state index is -0.353. The number of ether oxygens (including phenoxy) is 2. The zero-order valence-corrected chi connectivity index (χ0v) is 21.4. The lowest BCUT2D eigenvalue weighted by Gasteiger charge is -2.11. The third-order valence-corrected chi connectivity index (χ3v) is 6.22. The molecule has 7 nitrogen and oxygen atoms in total. The molecule has 0 N–H and O–H groups in total.